The molecular formula is C23H28N4O4S2. The monoisotopic (exact) mass is 488 g/mol. The fraction of sp³-hybridized carbons (Fsp3) is 0.478. The quantitative estimate of drug-likeness (QED) is 0.335. The number of fused-ring (bicyclic) bond motifs is 1. The molecule has 0 aliphatic carbocycles. The molecule has 2 aromatic rings. The molecule has 176 valence electrons. The van der Waals surface area contributed by atoms with Crippen LogP contribution in [0.1, 0.15) is 32.8 Å². The van der Waals surface area contributed by atoms with E-state index in [1.807, 2.05) is 26.8 Å². The summed E-state index contributed by atoms with van der Waals surface area (Å²) in [6.45, 7) is 8.86. The number of anilines is 1. The van der Waals surface area contributed by atoms with Crippen molar-refractivity contribution in [1.82, 2.24) is 14.3 Å². The molecule has 0 radical (unpaired) electrons. The molecule has 4 rings (SSSR count). The number of hydrogen-bond donors (Lipinski definition) is 0. The van der Waals surface area contributed by atoms with Crippen LogP contribution in [0.4, 0.5) is 5.82 Å². The Kier molecular flexibility index (Phi) is 7.48. The Morgan fingerprint density at radius 1 is 1.27 bits per heavy atom. The van der Waals surface area contributed by atoms with Gasteiger partial charge in [-0.05, 0) is 45.4 Å². The zero-order valence-corrected chi connectivity index (χ0v) is 20.7. The van der Waals surface area contributed by atoms with Crippen molar-refractivity contribution in [3.8, 4) is 0 Å². The fourth-order valence-corrected chi connectivity index (χ4v) is 5.39. The zero-order chi connectivity index (χ0) is 23.5. The van der Waals surface area contributed by atoms with Gasteiger partial charge < -0.3 is 14.4 Å². The number of carbonyl (C=O) groups excluding carboxylic acids is 1. The van der Waals surface area contributed by atoms with Crippen LogP contribution in [0.2, 0.25) is 0 Å². The van der Waals surface area contributed by atoms with Crippen LogP contribution >= 0.6 is 24.0 Å². The van der Waals surface area contributed by atoms with Gasteiger partial charge in [-0.3, -0.25) is 18.9 Å². The molecule has 33 heavy (non-hydrogen) atoms. The molecule has 2 unspecified atom stereocenters. The molecule has 1 amide bonds. The Hall–Kier alpha value is -2.27. The second kappa shape index (κ2) is 10.3. The lowest BCUT2D eigenvalue weighted by molar-refractivity contribution is -0.122. The van der Waals surface area contributed by atoms with Crippen LogP contribution in [-0.2, 0) is 14.3 Å². The van der Waals surface area contributed by atoms with Gasteiger partial charge in [0.15, 0.2) is 0 Å². The first kappa shape index (κ1) is 23.9. The molecule has 4 heterocycles. The summed E-state index contributed by atoms with van der Waals surface area (Å²) in [6, 6.07) is 5.44. The summed E-state index contributed by atoms with van der Waals surface area (Å²) in [5.74, 6) is 0.378. The van der Waals surface area contributed by atoms with Crippen LogP contribution < -0.4 is 10.5 Å². The van der Waals surface area contributed by atoms with Crippen molar-refractivity contribution in [3.63, 3.8) is 0 Å². The van der Waals surface area contributed by atoms with E-state index >= 15 is 0 Å². The van der Waals surface area contributed by atoms with E-state index in [-0.39, 0.29) is 23.7 Å². The SMILES string of the molecule is CCOCCCN1C(=O)/C(=C/c2c(N3CC(C)OC(C)C3)nc3ccccn3c2=O)SC1=S. The Morgan fingerprint density at radius 3 is 2.76 bits per heavy atom. The van der Waals surface area contributed by atoms with Crippen molar-refractivity contribution < 1.29 is 14.3 Å². The maximum atomic E-state index is 13.5. The van der Waals surface area contributed by atoms with Crippen LogP contribution in [0.15, 0.2) is 34.1 Å². The van der Waals surface area contributed by atoms with Gasteiger partial charge in [-0.15, -0.1) is 0 Å². The van der Waals surface area contributed by atoms with Crippen molar-refractivity contribution >= 4 is 51.7 Å². The van der Waals surface area contributed by atoms with E-state index in [4.69, 9.17) is 26.7 Å². The zero-order valence-electron chi connectivity index (χ0n) is 19.0. The van der Waals surface area contributed by atoms with E-state index in [0.29, 0.717) is 65.5 Å². The summed E-state index contributed by atoms with van der Waals surface area (Å²) in [4.78, 5) is 35.5. The molecule has 10 heteroatoms. The predicted octanol–water partition coefficient (Wildman–Crippen LogP) is 2.94. The fourth-order valence-electron chi connectivity index (χ4n) is 4.10. The number of thiocarbonyl (C=S) groups is 1. The van der Waals surface area contributed by atoms with E-state index < -0.39 is 0 Å². The number of aromatic nitrogens is 2. The number of hydrogen-bond acceptors (Lipinski definition) is 8. The number of carbonyl (C=O) groups is 1. The van der Waals surface area contributed by atoms with E-state index in [9.17, 15) is 9.59 Å². The number of ether oxygens (including phenoxy) is 2. The van der Waals surface area contributed by atoms with Gasteiger partial charge >= 0.3 is 0 Å². The Balaban J connectivity index is 1.73. The average Bonchev–Trinajstić information content (AvgIpc) is 3.05. The first-order valence-electron chi connectivity index (χ1n) is 11.1. The molecule has 2 aliphatic rings. The average molecular weight is 489 g/mol. The molecular weight excluding hydrogens is 460 g/mol. The number of thioether (sulfide) groups is 1. The molecule has 2 atom stereocenters. The minimum Gasteiger partial charge on any atom is -0.382 e. The van der Waals surface area contributed by atoms with Crippen LogP contribution in [-0.4, -0.2) is 69.6 Å². The molecule has 8 nitrogen and oxygen atoms in total. The van der Waals surface area contributed by atoms with E-state index in [2.05, 4.69) is 4.90 Å². The first-order chi connectivity index (χ1) is 15.9. The van der Waals surface area contributed by atoms with Gasteiger partial charge in [-0.1, -0.05) is 30.0 Å². The van der Waals surface area contributed by atoms with Gasteiger partial charge in [0.2, 0.25) is 0 Å². The maximum Gasteiger partial charge on any atom is 0.267 e. The molecule has 2 aromatic heterocycles. The van der Waals surface area contributed by atoms with Gasteiger partial charge in [-0.25, -0.2) is 4.98 Å². The number of rotatable bonds is 7. The molecule has 0 saturated carbocycles. The van der Waals surface area contributed by atoms with Crippen molar-refractivity contribution in [3.05, 3.63) is 45.2 Å². The lowest BCUT2D eigenvalue weighted by Gasteiger charge is -2.36. The van der Waals surface area contributed by atoms with E-state index in [1.165, 1.54) is 16.2 Å². The molecule has 2 fully saturated rings. The second-order valence-corrected chi connectivity index (χ2v) is 9.80. The van der Waals surface area contributed by atoms with Gasteiger partial charge in [0, 0.05) is 39.0 Å². The van der Waals surface area contributed by atoms with E-state index in [0.717, 1.165) is 0 Å². The lowest BCUT2D eigenvalue weighted by Crippen LogP contribution is -2.46. The first-order valence-corrected chi connectivity index (χ1v) is 12.4. The maximum absolute atomic E-state index is 13.5. The number of amides is 1. The van der Waals surface area contributed by atoms with Crippen molar-refractivity contribution in [2.24, 2.45) is 0 Å². The lowest BCUT2D eigenvalue weighted by atomic mass is 10.2. The minimum absolute atomic E-state index is 0.00109. The second-order valence-electron chi connectivity index (χ2n) is 8.13. The largest absolute Gasteiger partial charge is 0.382 e. The topological polar surface area (TPSA) is 76.4 Å². The van der Waals surface area contributed by atoms with Gasteiger partial charge in [-0.2, -0.15) is 0 Å². The third-order valence-corrected chi connectivity index (χ3v) is 6.87. The molecule has 2 aliphatic heterocycles. The molecule has 0 N–H and O–H groups in total. The summed E-state index contributed by atoms with van der Waals surface area (Å²) in [5, 5.41) is 0. The van der Waals surface area contributed by atoms with Gasteiger partial charge in [0.1, 0.15) is 15.8 Å². The van der Waals surface area contributed by atoms with Crippen molar-refractivity contribution in [2.75, 3.05) is 37.7 Å². The number of morpholine rings is 1. The Labute approximate surface area is 202 Å². The molecule has 0 spiro atoms. The van der Waals surface area contributed by atoms with E-state index in [1.54, 1.807) is 29.3 Å². The highest BCUT2D eigenvalue weighted by Gasteiger charge is 2.33. The van der Waals surface area contributed by atoms with Crippen LogP contribution in [0.25, 0.3) is 11.7 Å². The smallest absolute Gasteiger partial charge is 0.267 e. The summed E-state index contributed by atoms with van der Waals surface area (Å²) in [6.07, 6.45) is 4.04. The van der Waals surface area contributed by atoms with Crippen molar-refractivity contribution in [1.29, 1.82) is 0 Å². The number of pyridine rings is 1. The van der Waals surface area contributed by atoms with Crippen LogP contribution in [0.3, 0.4) is 0 Å². The summed E-state index contributed by atoms with van der Waals surface area (Å²) >= 11 is 6.67. The molecule has 0 bridgehead atoms. The summed E-state index contributed by atoms with van der Waals surface area (Å²) in [5.41, 5.74) is 0.726. The molecule has 0 aromatic carbocycles. The van der Waals surface area contributed by atoms with Crippen LogP contribution in [0, 0.1) is 0 Å². The van der Waals surface area contributed by atoms with Gasteiger partial charge in [0.25, 0.3) is 11.5 Å². The van der Waals surface area contributed by atoms with Crippen LogP contribution in [0.5, 0.6) is 0 Å². The standard InChI is InChI=1S/C23H28N4O4S2/c1-4-30-11-7-10-27-22(29)18(33-23(27)32)12-17-20(25-13-15(2)31-16(3)14-25)24-19-8-5-6-9-26(19)21(17)28/h5-6,8-9,12,15-16H,4,7,10-11,13-14H2,1-3H3/b18-12-. The number of nitrogens with zero attached hydrogens (tertiary/aromatic N) is 4. The van der Waals surface area contributed by atoms with Crippen molar-refractivity contribution in [2.45, 2.75) is 39.4 Å². The Bertz CT molecular complexity index is 1140. The normalized spacial score (nSPS) is 22.7. The summed E-state index contributed by atoms with van der Waals surface area (Å²) < 4.78 is 13.2. The highest BCUT2D eigenvalue weighted by atomic mass is 32.2. The minimum atomic E-state index is -0.219. The third kappa shape index (κ3) is 5.13. The highest BCUT2D eigenvalue weighted by Crippen LogP contribution is 2.34. The summed E-state index contributed by atoms with van der Waals surface area (Å²) in [7, 11) is 0. The third-order valence-electron chi connectivity index (χ3n) is 5.49. The molecule has 2 saturated heterocycles. The van der Waals surface area contributed by atoms with Gasteiger partial charge in [0.05, 0.1) is 22.7 Å². The highest BCUT2D eigenvalue weighted by molar-refractivity contribution is 8.26. The Morgan fingerprint density at radius 2 is 2.03 bits per heavy atom. The predicted molar refractivity (Wildman–Crippen MR) is 135 cm³/mol.